The lowest BCUT2D eigenvalue weighted by molar-refractivity contribution is 0.391. The summed E-state index contributed by atoms with van der Waals surface area (Å²) in [7, 11) is 0. The highest BCUT2D eigenvalue weighted by Gasteiger charge is 2.07. The Morgan fingerprint density at radius 1 is 1.38 bits per heavy atom. The van der Waals surface area contributed by atoms with Crippen molar-refractivity contribution < 1.29 is 4.52 Å². The van der Waals surface area contributed by atoms with E-state index in [-0.39, 0.29) is 10.4 Å². The van der Waals surface area contributed by atoms with Gasteiger partial charge in [-0.15, -0.1) is 10.2 Å². The molecule has 0 aromatic carbocycles. The van der Waals surface area contributed by atoms with Gasteiger partial charge in [-0.3, -0.25) is 0 Å². The summed E-state index contributed by atoms with van der Waals surface area (Å²) in [5.41, 5.74) is 0.739. The normalized spacial score (nSPS) is 10.4. The van der Waals surface area contributed by atoms with Crippen LogP contribution in [-0.4, -0.2) is 20.3 Å². The smallest absolute Gasteiger partial charge is 0.245 e. The number of aromatic nitrogens is 4. The molecular formula is C8H7Cl2N5O. The van der Waals surface area contributed by atoms with E-state index in [0.29, 0.717) is 12.4 Å². The van der Waals surface area contributed by atoms with Crippen molar-refractivity contribution in [1.29, 1.82) is 0 Å². The van der Waals surface area contributed by atoms with Crippen LogP contribution in [0.25, 0.3) is 0 Å². The summed E-state index contributed by atoms with van der Waals surface area (Å²) < 4.78 is 4.91. The van der Waals surface area contributed by atoms with Crippen LogP contribution in [0.15, 0.2) is 10.6 Å². The molecule has 6 nitrogen and oxygen atoms in total. The number of nitrogens with zero attached hydrogens (tertiary/aromatic N) is 4. The highest BCUT2D eigenvalue weighted by Crippen LogP contribution is 2.17. The fraction of sp³-hybridized carbons (Fsp3) is 0.250. The minimum Gasteiger partial charge on any atom is -0.362 e. The first-order valence-electron chi connectivity index (χ1n) is 4.37. The number of hydrogen-bond acceptors (Lipinski definition) is 6. The summed E-state index contributed by atoms with van der Waals surface area (Å²) in [6.45, 7) is 2.23. The first-order valence-corrected chi connectivity index (χ1v) is 5.12. The molecular weight excluding hydrogens is 253 g/mol. The fourth-order valence-electron chi connectivity index (χ4n) is 1.08. The third kappa shape index (κ3) is 2.59. The van der Waals surface area contributed by atoms with Gasteiger partial charge in [0, 0.05) is 6.07 Å². The molecule has 16 heavy (non-hydrogen) atoms. The topological polar surface area (TPSA) is 76.7 Å². The molecule has 2 heterocycles. The number of anilines is 1. The zero-order chi connectivity index (χ0) is 11.5. The van der Waals surface area contributed by atoms with E-state index in [4.69, 9.17) is 27.7 Å². The van der Waals surface area contributed by atoms with Gasteiger partial charge < -0.3 is 9.84 Å². The second-order valence-electron chi connectivity index (χ2n) is 3.00. The van der Waals surface area contributed by atoms with Crippen molar-refractivity contribution in [2.24, 2.45) is 0 Å². The number of rotatable bonds is 3. The van der Waals surface area contributed by atoms with E-state index in [0.717, 1.165) is 11.5 Å². The molecule has 0 radical (unpaired) electrons. The fourth-order valence-corrected chi connectivity index (χ4v) is 1.35. The van der Waals surface area contributed by atoms with Gasteiger partial charge in [-0.1, -0.05) is 16.8 Å². The van der Waals surface area contributed by atoms with Crippen LogP contribution in [0, 0.1) is 6.92 Å². The molecule has 0 bridgehead atoms. The van der Waals surface area contributed by atoms with Crippen molar-refractivity contribution in [3.63, 3.8) is 0 Å². The predicted octanol–water partition coefficient (Wildman–Crippen LogP) is 2.09. The SMILES string of the molecule is Cc1cc(CNc2nc(Cl)nnc2Cl)no1. The Bertz CT molecular complexity index is 501. The van der Waals surface area contributed by atoms with Crippen molar-refractivity contribution in [1.82, 2.24) is 20.3 Å². The summed E-state index contributed by atoms with van der Waals surface area (Å²) in [4.78, 5) is 3.88. The first kappa shape index (κ1) is 11.1. The van der Waals surface area contributed by atoms with Gasteiger partial charge >= 0.3 is 0 Å². The van der Waals surface area contributed by atoms with Crippen LogP contribution >= 0.6 is 23.2 Å². The van der Waals surface area contributed by atoms with Crippen LogP contribution in [0.5, 0.6) is 0 Å². The Morgan fingerprint density at radius 2 is 2.19 bits per heavy atom. The molecule has 0 atom stereocenters. The summed E-state index contributed by atoms with van der Waals surface area (Å²) in [6, 6.07) is 1.80. The van der Waals surface area contributed by atoms with Gasteiger partial charge in [-0.05, 0) is 18.5 Å². The number of aryl methyl sites for hydroxylation is 1. The Balaban J connectivity index is 2.07. The van der Waals surface area contributed by atoms with Crippen molar-refractivity contribution in [3.8, 4) is 0 Å². The Kier molecular flexibility index (Phi) is 3.21. The number of halogens is 2. The van der Waals surface area contributed by atoms with Gasteiger partial charge in [-0.2, -0.15) is 4.98 Å². The minimum atomic E-state index is 0.0308. The largest absolute Gasteiger partial charge is 0.362 e. The lowest BCUT2D eigenvalue weighted by atomic mass is 10.4. The van der Waals surface area contributed by atoms with Gasteiger partial charge in [-0.25, -0.2) is 0 Å². The molecule has 84 valence electrons. The molecule has 1 N–H and O–H groups in total. The summed E-state index contributed by atoms with van der Waals surface area (Å²) in [5.74, 6) is 1.10. The lowest BCUT2D eigenvalue weighted by Gasteiger charge is -2.03. The zero-order valence-electron chi connectivity index (χ0n) is 8.24. The van der Waals surface area contributed by atoms with Gasteiger partial charge in [0.1, 0.15) is 11.5 Å². The van der Waals surface area contributed by atoms with E-state index < -0.39 is 0 Å². The highest BCUT2D eigenvalue weighted by molar-refractivity contribution is 6.32. The van der Waals surface area contributed by atoms with E-state index in [9.17, 15) is 0 Å². The monoisotopic (exact) mass is 259 g/mol. The zero-order valence-corrected chi connectivity index (χ0v) is 9.75. The van der Waals surface area contributed by atoms with Crippen LogP contribution in [0.2, 0.25) is 10.4 Å². The van der Waals surface area contributed by atoms with Crippen molar-refractivity contribution in [2.45, 2.75) is 13.5 Å². The van der Waals surface area contributed by atoms with E-state index in [2.05, 4.69) is 25.7 Å². The lowest BCUT2D eigenvalue weighted by Crippen LogP contribution is -2.04. The standard InChI is InChI=1S/C8H7Cl2N5O/c1-4-2-5(15-16-4)3-11-7-6(9)13-14-8(10)12-7/h2H,3H2,1H3,(H,11,12,14). The second-order valence-corrected chi connectivity index (χ2v) is 3.70. The van der Waals surface area contributed by atoms with Gasteiger partial charge in [0.05, 0.1) is 6.54 Å². The molecule has 2 aromatic rings. The molecule has 0 spiro atoms. The Labute approximate surface area is 101 Å². The third-order valence-corrected chi connectivity index (χ3v) is 2.15. The van der Waals surface area contributed by atoms with Crippen LogP contribution in [0.4, 0.5) is 5.82 Å². The maximum Gasteiger partial charge on any atom is 0.245 e. The highest BCUT2D eigenvalue weighted by atomic mass is 35.5. The first-order chi connectivity index (χ1) is 7.65. The van der Waals surface area contributed by atoms with E-state index in [1.54, 1.807) is 6.07 Å². The number of nitrogens with one attached hydrogen (secondary N) is 1. The summed E-state index contributed by atoms with van der Waals surface area (Å²) >= 11 is 11.4. The quantitative estimate of drug-likeness (QED) is 0.910. The van der Waals surface area contributed by atoms with Crippen LogP contribution in [0.1, 0.15) is 11.5 Å². The molecule has 0 saturated carbocycles. The molecule has 0 aliphatic carbocycles. The van der Waals surface area contributed by atoms with E-state index in [1.807, 2.05) is 6.92 Å². The van der Waals surface area contributed by atoms with Crippen molar-refractivity contribution in [2.75, 3.05) is 5.32 Å². The third-order valence-electron chi connectivity index (χ3n) is 1.73. The minimum absolute atomic E-state index is 0.0308. The molecule has 2 rings (SSSR count). The van der Waals surface area contributed by atoms with Crippen LogP contribution in [0.3, 0.4) is 0 Å². The van der Waals surface area contributed by atoms with Gasteiger partial charge in [0.15, 0.2) is 11.0 Å². The van der Waals surface area contributed by atoms with Gasteiger partial charge in [0.2, 0.25) is 5.28 Å². The van der Waals surface area contributed by atoms with Crippen molar-refractivity contribution >= 4 is 29.0 Å². The Morgan fingerprint density at radius 3 is 2.88 bits per heavy atom. The molecule has 0 saturated heterocycles. The molecule has 8 heteroatoms. The molecule has 0 amide bonds. The maximum atomic E-state index is 5.77. The van der Waals surface area contributed by atoms with Gasteiger partial charge in [0.25, 0.3) is 0 Å². The van der Waals surface area contributed by atoms with E-state index in [1.165, 1.54) is 0 Å². The molecule has 0 aliphatic rings. The molecule has 0 unspecified atom stereocenters. The average Bonchev–Trinajstić information content (AvgIpc) is 2.66. The Hall–Kier alpha value is -1.40. The van der Waals surface area contributed by atoms with E-state index >= 15 is 0 Å². The predicted molar refractivity (Wildman–Crippen MR) is 58.4 cm³/mol. The summed E-state index contributed by atoms with van der Waals surface area (Å²) in [6.07, 6.45) is 0. The summed E-state index contributed by atoms with van der Waals surface area (Å²) in [5, 5.41) is 14.0. The average molecular weight is 260 g/mol. The number of hydrogen-bond donors (Lipinski definition) is 1. The maximum absolute atomic E-state index is 5.77. The molecule has 2 aromatic heterocycles. The van der Waals surface area contributed by atoms with Crippen molar-refractivity contribution in [3.05, 3.63) is 28.0 Å². The second kappa shape index (κ2) is 4.63. The molecule has 0 aliphatic heterocycles. The van der Waals surface area contributed by atoms with Crippen LogP contribution < -0.4 is 5.32 Å². The molecule has 0 fully saturated rings. The van der Waals surface area contributed by atoms with Crippen LogP contribution in [-0.2, 0) is 6.54 Å².